The van der Waals surface area contributed by atoms with E-state index in [2.05, 4.69) is 5.32 Å². The minimum Gasteiger partial charge on any atom is -0.326 e. The lowest BCUT2D eigenvalue weighted by molar-refractivity contribution is -0.120. The van der Waals surface area contributed by atoms with Crippen molar-refractivity contribution in [2.45, 2.75) is 37.0 Å². The first kappa shape index (κ1) is 19.1. The van der Waals surface area contributed by atoms with Gasteiger partial charge in [-0.2, -0.15) is 4.31 Å². The molecule has 0 bridgehead atoms. The number of nitrogens with one attached hydrogen (secondary N) is 1. The standard InChI is InChI=1S/C21H23FN2O3S/c22-18-5-7-19(8-6-18)23-21(25)16-10-12-24(13-11-16)28(26,27)20-9-4-15-2-1-3-17(15)14-20/h4-9,14,16H,1-3,10-13H2,(H,23,25). The molecule has 148 valence electrons. The number of anilines is 1. The van der Waals surface area contributed by atoms with E-state index < -0.39 is 10.0 Å². The molecule has 1 amide bonds. The van der Waals surface area contributed by atoms with E-state index in [1.54, 1.807) is 6.07 Å². The lowest BCUT2D eigenvalue weighted by atomic mass is 9.97. The zero-order chi connectivity index (χ0) is 19.7. The number of hydrogen-bond acceptors (Lipinski definition) is 3. The van der Waals surface area contributed by atoms with Gasteiger partial charge in [0, 0.05) is 24.7 Å². The fourth-order valence-electron chi connectivity index (χ4n) is 3.99. The molecule has 2 aromatic carbocycles. The molecule has 4 rings (SSSR count). The first-order valence-corrected chi connectivity index (χ1v) is 11.1. The number of carbonyl (C=O) groups excluding carboxylic acids is 1. The molecule has 5 nitrogen and oxygen atoms in total. The molecule has 1 aliphatic carbocycles. The number of carbonyl (C=O) groups is 1. The Morgan fingerprint density at radius 2 is 1.68 bits per heavy atom. The van der Waals surface area contributed by atoms with Gasteiger partial charge >= 0.3 is 0 Å². The topological polar surface area (TPSA) is 66.5 Å². The van der Waals surface area contributed by atoms with Crippen molar-refractivity contribution in [3.8, 4) is 0 Å². The molecule has 1 fully saturated rings. The van der Waals surface area contributed by atoms with Crippen molar-refractivity contribution in [3.63, 3.8) is 0 Å². The Bertz CT molecular complexity index is 981. The normalized spacial score (nSPS) is 18.0. The van der Waals surface area contributed by atoms with Crippen LogP contribution in [0.2, 0.25) is 0 Å². The van der Waals surface area contributed by atoms with Gasteiger partial charge in [0.2, 0.25) is 15.9 Å². The zero-order valence-electron chi connectivity index (χ0n) is 15.5. The molecule has 2 aliphatic rings. The average Bonchev–Trinajstić information content (AvgIpc) is 3.17. The summed E-state index contributed by atoms with van der Waals surface area (Å²) in [5.74, 6) is -0.763. The van der Waals surface area contributed by atoms with Crippen LogP contribution < -0.4 is 5.32 Å². The predicted molar refractivity (Wildman–Crippen MR) is 105 cm³/mol. The minimum atomic E-state index is -3.54. The molecule has 0 saturated carbocycles. The molecule has 1 saturated heterocycles. The van der Waals surface area contributed by atoms with Gasteiger partial charge in [0.25, 0.3) is 0 Å². The molecule has 7 heteroatoms. The van der Waals surface area contributed by atoms with E-state index in [4.69, 9.17) is 0 Å². The van der Waals surface area contributed by atoms with Crippen molar-refractivity contribution in [2.75, 3.05) is 18.4 Å². The van der Waals surface area contributed by atoms with Crippen molar-refractivity contribution >= 4 is 21.6 Å². The Morgan fingerprint density at radius 1 is 1.00 bits per heavy atom. The Hall–Kier alpha value is -2.25. The van der Waals surface area contributed by atoms with Crippen LogP contribution in [-0.4, -0.2) is 31.7 Å². The number of benzene rings is 2. The van der Waals surface area contributed by atoms with Gasteiger partial charge in [0.15, 0.2) is 0 Å². The van der Waals surface area contributed by atoms with Gasteiger partial charge in [0.05, 0.1) is 4.90 Å². The van der Waals surface area contributed by atoms with Crippen LogP contribution in [-0.2, 0) is 27.7 Å². The third-order valence-electron chi connectivity index (χ3n) is 5.64. The molecule has 2 aromatic rings. The fraction of sp³-hybridized carbons (Fsp3) is 0.381. The van der Waals surface area contributed by atoms with Gasteiger partial charge < -0.3 is 5.32 Å². The lowest BCUT2D eigenvalue weighted by Crippen LogP contribution is -2.41. The van der Waals surface area contributed by atoms with Gasteiger partial charge in [-0.3, -0.25) is 4.79 Å². The van der Waals surface area contributed by atoms with E-state index in [0.29, 0.717) is 36.5 Å². The number of piperidine rings is 1. The second kappa shape index (κ2) is 7.64. The summed E-state index contributed by atoms with van der Waals surface area (Å²) in [5, 5.41) is 2.78. The van der Waals surface area contributed by atoms with Gasteiger partial charge in [-0.05, 0) is 79.6 Å². The summed E-state index contributed by atoms with van der Waals surface area (Å²) in [6, 6.07) is 11.1. The number of nitrogens with zero attached hydrogens (tertiary/aromatic N) is 1. The van der Waals surface area contributed by atoms with E-state index >= 15 is 0 Å². The molecular weight excluding hydrogens is 379 g/mol. The molecule has 0 radical (unpaired) electrons. The zero-order valence-corrected chi connectivity index (χ0v) is 16.3. The van der Waals surface area contributed by atoms with Crippen LogP contribution in [0.3, 0.4) is 0 Å². The Morgan fingerprint density at radius 3 is 2.39 bits per heavy atom. The molecule has 1 heterocycles. The number of hydrogen-bond donors (Lipinski definition) is 1. The van der Waals surface area contributed by atoms with Crippen LogP contribution in [0.5, 0.6) is 0 Å². The van der Waals surface area contributed by atoms with Crippen LogP contribution in [0.1, 0.15) is 30.4 Å². The number of sulfonamides is 1. The molecule has 0 aromatic heterocycles. The minimum absolute atomic E-state index is 0.152. The maximum atomic E-state index is 13.0. The molecular formula is C21H23FN2O3S. The maximum absolute atomic E-state index is 13.0. The Kier molecular flexibility index (Phi) is 5.21. The lowest BCUT2D eigenvalue weighted by Gasteiger charge is -2.30. The molecule has 1 aliphatic heterocycles. The van der Waals surface area contributed by atoms with E-state index in [0.717, 1.165) is 24.8 Å². The summed E-state index contributed by atoms with van der Waals surface area (Å²) >= 11 is 0. The van der Waals surface area contributed by atoms with Crippen molar-refractivity contribution < 1.29 is 17.6 Å². The number of amides is 1. The maximum Gasteiger partial charge on any atom is 0.243 e. The van der Waals surface area contributed by atoms with E-state index in [9.17, 15) is 17.6 Å². The van der Waals surface area contributed by atoms with Crippen LogP contribution >= 0.6 is 0 Å². The van der Waals surface area contributed by atoms with Gasteiger partial charge in [-0.25, -0.2) is 12.8 Å². The van der Waals surface area contributed by atoms with Crippen LogP contribution in [0.25, 0.3) is 0 Å². The van der Waals surface area contributed by atoms with Crippen molar-refractivity contribution in [1.29, 1.82) is 0 Å². The smallest absolute Gasteiger partial charge is 0.243 e. The Labute approximate surface area is 164 Å². The van der Waals surface area contributed by atoms with Gasteiger partial charge in [-0.15, -0.1) is 0 Å². The second-order valence-electron chi connectivity index (χ2n) is 7.46. The summed E-state index contributed by atoms with van der Waals surface area (Å²) in [7, 11) is -3.54. The SMILES string of the molecule is O=C(Nc1ccc(F)cc1)C1CCN(S(=O)(=O)c2ccc3c(c2)CCC3)CC1. The van der Waals surface area contributed by atoms with E-state index in [1.165, 1.54) is 34.1 Å². The largest absolute Gasteiger partial charge is 0.326 e. The summed E-state index contributed by atoms with van der Waals surface area (Å²) in [6.45, 7) is 0.641. The summed E-state index contributed by atoms with van der Waals surface area (Å²) in [5.41, 5.74) is 2.92. The number of fused-ring (bicyclic) bond motifs is 1. The van der Waals surface area contributed by atoms with E-state index in [-0.39, 0.29) is 17.6 Å². The molecule has 0 unspecified atom stereocenters. The average molecular weight is 402 g/mol. The number of rotatable bonds is 4. The number of halogens is 1. The summed E-state index contributed by atoms with van der Waals surface area (Å²) in [6.07, 6.45) is 3.97. The monoisotopic (exact) mass is 402 g/mol. The highest BCUT2D eigenvalue weighted by atomic mass is 32.2. The van der Waals surface area contributed by atoms with Crippen LogP contribution in [0.15, 0.2) is 47.4 Å². The highest BCUT2D eigenvalue weighted by Gasteiger charge is 2.32. The van der Waals surface area contributed by atoms with Gasteiger partial charge in [-0.1, -0.05) is 6.07 Å². The fourth-order valence-corrected chi connectivity index (χ4v) is 5.51. The van der Waals surface area contributed by atoms with Crippen molar-refractivity contribution in [3.05, 3.63) is 59.4 Å². The molecule has 0 spiro atoms. The molecule has 28 heavy (non-hydrogen) atoms. The molecule has 0 atom stereocenters. The highest BCUT2D eigenvalue weighted by Crippen LogP contribution is 2.29. The summed E-state index contributed by atoms with van der Waals surface area (Å²) < 4.78 is 40.4. The quantitative estimate of drug-likeness (QED) is 0.853. The third kappa shape index (κ3) is 3.82. The summed E-state index contributed by atoms with van der Waals surface area (Å²) in [4.78, 5) is 12.8. The van der Waals surface area contributed by atoms with Crippen molar-refractivity contribution in [1.82, 2.24) is 4.31 Å². The number of aryl methyl sites for hydroxylation is 2. The van der Waals surface area contributed by atoms with Crippen LogP contribution in [0.4, 0.5) is 10.1 Å². The van der Waals surface area contributed by atoms with Crippen LogP contribution in [0, 0.1) is 11.7 Å². The van der Waals surface area contributed by atoms with E-state index in [1.807, 2.05) is 12.1 Å². The first-order chi connectivity index (χ1) is 13.4. The van der Waals surface area contributed by atoms with Crippen molar-refractivity contribution in [2.24, 2.45) is 5.92 Å². The molecule has 1 N–H and O–H groups in total. The van der Waals surface area contributed by atoms with Gasteiger partial charge in [0.1, 0.15) is 5.82 Å². The highest BCUT2D eigenvalue weighted by molar-refractivity contribution is 7.89. The predicted octanol–water partition coefficient (Wildman–Crippen LogP) is 3.35. The first-order valence-electron chi connectivity index (χ1n) is 9.62. The Balaban J connectivity index is 1.39. The third-order valence-corrected chi connectivity index (χ3v) is 7.54. The second-order valence-corrected chi connectivity index (χ2v) is 9.40.